The summed E-state index contributed by atoms with van der Waals surface area (Å²) in [5.74, 6) is 0.985. The van der Waals surface area contributed by atoms with Crippen molar-refractivity contribution in [2.24, 2.45) is 0 Å². The van der Waals surface area contributed by atoms with E-state index in [0.29, 0.717) is 6.04 Å². The summed E-state index contributed by atoms with van der Waals surface area (Å²) in [5, 5.41) is 3.36. The Bertz CT molecular complexity index is 526. The Morgan fingerprint density at radius 2 is 2.06 bits per heavy atom. The van der Waals surface area contributed by atoms with Gasteiger partial charge in [0.2, 0.25) is 0 Å². The van der Waals surface area contributed by atoms with Crippen LogP contribution in [0.5, 0.6) is 0 Å². The van der Waals surface area contributed by atoms with Gasteiger partial charge in [-0.05, 0) is 19.4 Å². The fourth-order valence-corrected chi connectivity index (χ4v) is 2.01. The molecule has 2 N–H and O–H groups in total. The van der Waals surface area contributed by atoms with Crippen LogP contribution >= 0.6 is 0 Å². The Morgan fingerprint density at radius 3 is 2.72 bits per heavy atom. The molecule has 3 nitrogen and oxygen atoms in total. The Kier molecular flexibility index (Phi) is 3.82. The predicted molar refractivity (Wildman–Crippen MR) is 75.5 cm³/mol. The van der Waals surface area contributed by atoms with Crippen LogP contribution in [-0.4, -0.2) is 16.0 Å². The third kappa shape index (κ3) is 2.99. The maximum Gasteiger partial charge on any atom is 0.120 e. The SMILES string of the molecule is Cc1ccc(-c2cnc(CNC(C)C)[nH]2)c(C)c1. The maximum absolute atomic E-state index is 4.41. The van der Waals surface area contributed by atoms with E-state index in [2.05, 4.69) is 61.2 Å². The Balaban J connectivity index is 2.18. The van der Waals surface area contributed by atoms with Gasteiger partial charge in [0.1, 0.15) is 5.82 Å². The summed E-state index contributed by atoms with van der Waals surface area (Å²) in [4.78, 5) is 7.78. The van der Waals surface area contributed by atoms with Gasteiger partial charge in [0.15, 0.2) is 0 Å². The second kappa shape index (κ2) is 5.36. The highest BCUT2D eigenvalue weighted by molar-refractivity contribution is 5.63. The Morgan fingerprint density at radius 1 is 1.28 bits per heavy atom. The number of aryl methyl sites for hydroxylation is 2. The molecular formula is C15H21N3. The fraction of sp³-hybridized carbons (Fsp3) is 0.400. The number of imidazole rings is 1. The van der Waals surface area contributed by atoms with Gasteiger partial charge in [0.25, 0.3) is 0 Å². The average Bonchev–Trinajstić information content (AvgIpc) is 2.75. The van der Waals surface area contributed by atoms with Crippen molar-refractivity contribution in [3.63, 3.8) is 0 Å². The summed E-state index contributed by atoms with van der Waals surface area (Å²) in [6.07, 6.45) is 1.91. The zero-order chi connectivity index (χ0) is 13.1. The van der Waals surface area contributed by atoms with Crippen LogP contribution in [0, 0.1) is 13.8 Å². The summed E-state index contributed by atoms with van der Waals surface area (Å²) < 4.78 is 0. The van der Waals surface area contributed by atoms with Crippen LogP contribution in [0.15, 0.2) is 24.4 Å². The van der Waals surface area contributed by atoms with Crippen molar-refractivity contribution >= 4 is 0 Å². The summed E-state index contributed by atoms with van der Waals surface area (Å²) in [5.41, 5.74) is 4.89. The van der Waals surface area contributed by atoms with E-state index >= 15 is 0 Å². The number of hydrogen-bond acceptors (Lipinski definition) is 2. The molecule has 0 saturated carbocycles. The van der Waals surface area contributed by atoms with Gasteiger partial charge in [-0.15, -0.1) is 0 Å². The molecule has 0 saturated heterocycles. The maximum atomic E-state index is 4.41. The lowest BCUT2D eigenvalue weighted by molar-refractivity contribution is 0.575. The number of rotatable bonds is 4. The number of aromatic amines is 1. The van der Waals surface area contributed by atoms with E-state index in [1.165, 1.54) is 16.7 Å². The number of H-pyrrole nitrogens is 1. The molecule has 0 bridgehead atoms. The van der Waals surface area contributed by atoms with Crippen LogP contribution in [-0.2, 0) is 6.54 Å². The molecule has 0 aliphatic heterocycles. The third-order valence-electron chi connectivity index (χ3n) is 2.98. The second-order valence-corrected chi connectivity index (χ2v) is 5.10. The van der Waals surface area contributed by atoms with Gasteiger partial charge in [-0.1, -0.05) is 37.6 Å². The highest BCUT2D eigenvalue weighted by atomic mass is 15.0. The molecule has 96 valence electrons. The zero-order valence-electron chi connectivity index (χ0n) is 11.5. The molecule has 0 atom stereocenters. The van der Waals surface area contributed by atoms with Gasteiger partial charge in [0, 0.05) is 11.6 Å². The predicted octanol–water partition coefficient (Wildman–Crippen LogP) is 3.19. The van der Waals surface area contributed by atoms with Crippen LogP contribution in [0.3, 0.4) is 0 Å². The minimum absolute atomic E-state index is 0.472. The Labute approximate surface area is 109 Å². The van der Waals surface area contributed by atoms with E-state index in [1.807, 2.05) is 6.20 Å². The van der Waals surface area contributed by atoms with Crippen molar-refractivity contribution in [3.8, 4) is 11.3 Å². The minimum Gasteiger partial charge on any atom is -0.341 e. The quantitative estimate of drug-likeness (QED) is 0.865. The van der Waals surface area contributed by atoms with Gasteiger partial charge in [-0.3, -0.25) is 0 Å². The molecule has 0 radical (unpaired) electrons. The first-order valence-electron chi connectivity index (χ1n) is 6.41. The van der Waals surface area contributed by atoms with Crippen molar-refractivity contribution in [2.75, 3.05) is 0 Å². The highest BCUT2D eigenvalue weighted by Crippen LogP contribution is 2.22. The number of nitrogens with one attached hydrogen (secondary N) is 2. The van der Waals surface area contributed by atoms with E-state index < -0.39 is 0 Å². The average molecular weight is 243 g/mol. The molecule has 3 heteroatoms. The largest absolute Gasteiger partial charge is 0.341 e. The second-order valence-electron chi connectivity index (χ2n) is 5.10. The Hall–Kier alpha value is -1.61. The van der Waals surface area contributed by atoms with Crippen molar-refractivity contribution in [1.82, 2.24) is 15.3 Å². The molecule has 1 aromatic carbocycles. The zero-order valence-corrected chi connectivity index (χ0v) is 11.5. The van der Waals surface area contributed by atoms with Crippen molar-refractivity contribution in [3.05, 3.63) is 41.3 Å². The van der Waals surface area contributed by atoms with E-state index in [1.54, 1.807) is 0 Å². The number of nitrogens with zero attached hydrogens (tertiary/aromatic N) is 1. The van der Waals surface area contributed by atoms with Gasteiger partial charge in [-0.2, -0.15) is 0 Å². The smallest absolute Gasteiger partial charge is 0.120 e. The molecule has 2 rings (SSSR count). The number of aromatic nitrogens is 2. The molecule has 2 aromatic rings. The standard InChI is InChI=1S/C15H21N3/c1-10(2)16-9-15-17-8-14(18-15)13-6-5-11(3)7-12(13)4/h5-8,10,16H,9H2,1-4H3,(H,17,18). The third-order valence-corrected chi connectivity index (χ3v) is 2.98. The molecule has 0 unspecified atom stereocenters. The van der Waals surface area contributed by atoms with Crippen molar-refractivity contribution < 1.29 is 0 Å². The van der Waals surface area contributed by atoms with Crippen LogP contribution in [0.25, 0.3) is 11.3 Å². The van der Waals surface area contributed by atoms with Crippen molar-refractivity contribution in [2.45, 2.75) is 40.3 Å². The first kappa shape index (κ1) is 12.8. The molecule has 0 aliphatic carbocycles. The van der Waals surface area contributed by atoms with Gasteiger partial charge in [0.05, 0.1) is 18.4 Å². The molecule has 1 heterocycles. The van der Waals surface area contributed by atoms with Gasteiger partial charge >= 0.3 is 0 Å². The van der Waals surface area contributed by atoms with Gasteiger partial charge < -0.3 is 10.3 Å². The normalized spacial score (nSPS) is 11.2. The molecule has 0 fully saturated rings. The van der Waals surface area contributed by atoms with Gasteiger partial charge in [-0.25, -0.2) is 4.98 Å². The topological polar surface area (TPSA) is 40.7 Å². The molecule has 0 spiro atoms. The summed E-state index contributed by atoms with van der Waals surface area (Å²) in [6.45, 7) is 9.29. The fourth-order valence-electron chi connectivity index (χ4n) is 2.01. The van der Waals surface area contributed by atoms with Crippen LogP contribution in [0.1, 0.15) is 30.8 Å². The summed E-state index contributed by atoms with van der Waals surface area (Å²) in [7, 11) is 0. The van der Waals surface area contributed by atoms with Crippen molar-refractivity contribution in [1.29, 1.82) is 0 Å². The minimum atomic E-state index is 0.472. The first-order chi connectivity index (χ1) is 8.56. The molecular weight excluding hydrogens is 222 g/mol. The lowest BCUT2D eigenvalue weighted by Gasteiger charge is -2.06. The van der Waals surface area contributed by atoms with Crippen LogP contribution in [0.2, 0.25) is 0 Å². The highest BCUT2D eigenvalue weighted by Gasteiger charge is 2.06. The lowest BCUT2D eigenvalue weighted by Crippen LogP contribution is -2.22. The first-order valence-corrected chi connectivity index (χ1v) is 6.41. The molecule has 0 aliphatic rings. The summed E-state index contributed by atoms with van der Waals surface area (Å²) >= 11 is 0. The van der Waals surface area contributed by atoms with E-state index in [0.717, 1.165) is 18.1 Å². The number of hydrogen-bond donors (Lipinski definition) is 2. The monoisotopic (exact) mass is 243 g/mol. The van der Waals surface area contributed by atoms with E-state index in [9.17, 15) is 0 Å². The van der Waals surface area contributed by atoms with E-state index in [4.69, 9.17) is 0 Å². The number of benzene rings is 1. The van der Waals surface area contributed by atoms with Crippen LogP contribution in [0.4, 0.5) is 0 Å². The molecule has 1 aromatic heterocycles. The van der Waals surface area contributed by atoms with Crippen LogP contribution < -0.4 is 5.32 Å². The summed E-state index contributed by atoms with van der Waals surface area (Å²) in [6, 6.07) is 6.95. The lowest BCUT2D eigenvalue weighted by atomic mass is 10.0. The van der Waals surface area contributed by atoms with E-state index in [-0.39, 0.29) is 0 Å². The molecule has 0 amide bonds. The molecule has 18 heavy (non-hydrogen) atoms.